The predicted octanol–water partition coefficient (Wildman–Crippen LogP) is 4.44. The highest BCUT2D eigenvalue weighted by Crippen LogP contribution is 2.22. The number of hydrogen-bond donors (Lipinski definition) is 1. The fourth-order valence-corrected chi connectivity index (χ4v) is 4.79. The molecule has 0 bridgehead atoms. The number of nitrogens with zero attached hydrogens (tertiary/aromatic N) is 4. The number of methoxy groups -OCH3 is 1. The quantitative estimate of drug-likeness (QED) is 0.482. The number of para-hydroxylation sites is 1. The fraction of sp³-hybridized carbons (Fsp3) is 0.320. The first-order chi connectivity index (χ1) is 17.0. The second-order valence-corrected chi connectivity index (χ2v) is 9.48. The number of anilines is 2. The Kier molecular flexibility index (Phi) is 8.57. The molecule has 0 saturated carbocycles. The zero-order valence-corrected chi connectivity index (χ0v) is 21.1. The molecule has 2 aromatic carbocycles. The molecular formula is C25H28ClN5O3S. The van der Waals surface area contributed by atoms with E-state index in [1.54, 1.807) is 17.4 Å². The maximum Gasteiger partial charge on any atom is 0.322 e. The van der Waals surface area contributed by atoms with E-state index in [-0.39, 0.29) is 11.9 Å². The Morgan fingerprint density at radius 1 is 1.11 bits per heavy atom. The summed E-state index contributed by atoms with van der Waals surface area (Å²) >= 11 is 7.50. The first kappa shape index (κ1) is 25.0. The summed E-state index contributed by atoms with van der Waals surface area (Å²) in [5, 5.41) is 6.06. The molecule has 2 heterocycles. The second kappa shape index (κ2) is 12.0. The van der Waals surface area contributed by atoms with Gasteiger partial charge in [-0.1, -0.05) is 35.9 Å². The van der Waals surface area contributed by atoms with Crippen molar-refractivity contribution in [2.24, 2.45) is 0 Å². The lowest BCUT2D eigenvalue weighted by Crippen LogP contribution is -2.48. The maximum absolute atomic E-state index is 13.1. The van der Waals surface area contributed by atoms with E-state index in [1.165, 1.54) is 11.3 Å². The molecule has 0 aliphatic carbocycles. The molecule has 0 radical (unpaired) electrons. The van der Waals surface area contributed by atoms with Crippen LogP contribution in [0.25, 0.3) is 0 Å². The first-order valence-electron chi connectivity index (χ1n) is 11.4. The van der Waals surface area contributed by atoms with E-state index in [0.29, 0.717) is 54.2 Å². The standard InChI is InChI=1S/C25H28ClN5O3S/c1-34-15-14-31(25(33)27-20-7-3-2-4-8-20)17-23-28-22(18-35-23)24(32)30-12-10-29(11-13-30)21-9-5-6-19(26)16-21/h2-9,16,18H,10-15,17H2,1H3,(H,27,33). The van der Waals surface area contributed by atoms with E-state index < -0.39 is 0 Å². The van der Waals surface area contributed by atoms with Crippen LogP contribution >= 0.6 is 22.9 Å². The van der Waals surface area contributed by atoms with E-state index in [4.69, 9.17) is 16.3 Å². The number of carbonyl (C=O) groups is 2. The van der Waals surface area contributed by atoms with Gasteiger partial charge in [0.1, 0.15) is 10.7 Å². The van der Waals surface area contributed by atoms with Gasteiger partial charge in [-0.15, -0.1) is 11.3 Å². The van der Waals surface area contributed by atoms with Crippen molar-refractivity contribution in [1.29, 1.82) is 0 Å². The van der Waals surface area contributed by atoms with Crippen molar-refractivity contribution >= 4 is 46.3 Å². The van der Waals surface area contributed by atoms with Crippen molar-refractivity contribution in [2.75, 3.05) is 56.7 Å². The zero-order chi connectivity index (χ0) is 24.6. The number of urea groups is 1. The van der Waals surface area contributed by atoms with Crippen LogP contribution in [0.3, 0.4) is 0 Å². The second-order valence-electron chi connectivity index (χ2n) is 8.10. The molecule has 0 unspecified atom stereocenters. The third kappa shape index (κ3) is 6.72. The van der Waals surface area contributed by atoms with Crippen molar-refractivity contribution in [3.05, 3.63) is 75.7 Å². The largest absolute Gasteiger partial charge is 0.383 e. The molecule has 1 fully saturated rings. The summed E-state index contributed by atoms with van der Waals surface area (Å²) in [4.78, 5) is 36.1. The number of piperazine rings is 1. The van der Waals surface area contributed by atoms with Gasteiger partial charge in [0.15, 0.2) is 0 Å². The summed E-state index contributed by atoms with van der Waals surface area (Å²) in [5.41, 5.74) is 2.19. The lowest BCUT2D eigenvalue weighted by Gasteiger charge is -2.35. The number of rotatable bonds is 8. The predicted molar refractivity (Wildman–Crippen MR) is 139 cm³/mol. The molecule has 35 heavy (non-hydrogen) atoms. The van der Waals surface area contributed by atoms with E-state index in [0.717, 1.165) is 18.8 Å². The van der Waals surface area contributed by atoms with Gasteiger partial charge in [-0.3, -0.25) is 4.79 Å². The molecule has 4 rings (SSSR count). The average molecular weight is 514 g/mol. The van der Waals surface area contributed by atoms with Crippen molar-refractivity contribution < 1.29 is 14.3 Å². The normalized spacial score (nSPS) is 13.5. The zero-order valence-electron chi connectivity index (χ0n) is 19.5. The average Bonchev–Trinajstić information content (AvgIpc) is 3.35. The Bertz CT molecular complexity index is 1130. The van der Waals surface area contributed by atoms with Gasteiger partial charge in [0.2, 0.25) is 0 Å². The maximum atomic E-state index is 13.1. The van der Waals surface area contributed by atoms with Crippen LogP contribution in [0.15, 0.2) is 60.0 Å². The van der Waals surface area contributed by atoms with Crippen LogP contribution in [0.2, 0.25) is 5.02 Å². The van der Waals surface area contributed by atoms with Crippen LogP contribution in [0, 0.1) is 0 Å². The summed E-state index contributed by atoms with van der Waals surface area (Å²) in [7, 11) is 1.60. The molecule has 1 aliphatic rings. The molecule has 0 spiro atoms. The van der Waals surface area contributed by atoms with Gasteiger partial charge in [0.05, 0.1) is 13.2 Å². The molecule has 1 N–H and O–H groups in total. The van der Waals surface area contributed by atoms with Crippen molar-refractivity contribution in [3.63, 3.8) is 0 Å². The number of nitrogens with one attached hydrogen (secondary N) is 1. The highest BCUT2D eigenvalue weighted by Gasteiger charge is 2.25. The first-order valence-corrected chi connectivity index (χ1v) is 12.6. The number of halogens is 1. The highest BCUT2D eigenvalue weighted by atomic mass is 35.5. The minimum atomic E-state index is -0.242. The summed E-state index contributed by atoms with van der Waals surface area (Å²) in [6, 6.07) is 16.8. The van der Waals surface area contributed by atoms with Crippen LogP contribution < -0.4 is 10.2 Å². The van der Waals surface area contributed by atoms with E-state index >= 15 is 0 Å². The Hall–Kier alpha value is -3.14. The Balaban J connectivity index is 1.35. The molecule has 184 valence electrons. The lowest BCUT2D eigenvalue weighted by molar-refractivity contribution is 0.0741. The summed E-state index contributed by atoms with van der Waals surface area (Å²) in [6.07, 6.45) is 0. The van der Waals surface area contributed by atoms with Crippen LogP contribution in [0.5, 0.6) is 0 Å². The molecule has 1 saturated heterocycles. The van der Waals surface area contributed by atoms with Gasteiger partial charge >= 0.3 is 6.03 Å². The van der Waals surface area contributed by atoms with Gasteiger partial charge in [-0.2, -0.15) is 0 Å². The highest BCUT2D eigenvalue weighted by molar-refractivity contribution is 7.09. The van der Waals surface area contributed by atoms with Crippen LogP contribution in [0.4, 0.5) is 16.2 Å². The van der Waals surface area contributed by atoms with E-state index in [2.05, 4.69) is 15.2 Å². The number of carbonyl (C=O) groups excluding carboxylic acids is 2. The van der Waals surface area contributed by atoms with Crippen LogP contribution in [-0.2, 0) is 11.3 Å². The SMILES string of the molecule is COCCN(Cc1nc(C(=O)N2CCN(c3cccc(Cl)c3)CC2)cs1)C(=O)Nc1ccccc1. The van der Waals surface area contributed by atoms with Crippen molar-refractivity contribution in [2.45, 2.75) is 6.54 Å². The van der Waals surface area contributed by atoms with Crippen molar-refractivity contribution in [3.8, 4) is 0 Å². The molecule has 1 aliphatic heterocycles. The van der Waals surface area contributed by atoms with Crippen LogP contribution in [-0.4, -0.2) is 73.2 Å². The smallest absolute Gasteiger partial charge is 0.322 e. The van der Waals surface area contributed by atoms with Gasteiger partial charge in [0, 0.05) is 61.6 Å². The number of ether oxygens (including phenoxy) is 1. The molecular weight excluding hydrogens is 486 g/mol. The molecule has 8 nitrogen and oxygen atoms in total. The van der Waals surface area contributed by atoms with Crippen molar-refractivity contribution in [1.82, 2.24) is 14.8 Å². The third-order valence-electron chi connectivity index (χ3n) is 5.71. The molecule has 3 aromatic rings. The minimum absolute atomic E-state index is 0.0876. The number of aromatic nitrogens is 1. The summed E-state index contributed by atoms with van der Waals surface area (Å²) in [5.74, 6) is -0.0876. The number of hydrogen-bond acceptors (Lipinski definition) is 6. The Labute approximate surface area is 214 Å². The Morgan fingerprint density at radius 3 is 2.60 bits per heavy atom. The van der Waals surface area contributed by atoms with Gasteiger partial charge in [-0.05, 0) is 30.3 Å². The van der Waals surface area contributed by atoms with Gasteiger partial charge in [0.25, 0.3) is 5.91 Å². The Morgan fingerprint density at radius 2 is 1.89 bits per heavy atom. The topological polar surface area (TPSA) is 78.0 Å². The van der Waals surface area contributed by atoms with Crippen LogP contribution in [0.1, 0.15) is 15.5 Å². The molecule has 3 amide bonds. The molecule has 0 atom stereocenters. The monoisotopic (exact) mass is 513 g/mol. The molecule has 10 heteroatoms. The minimum Gasteiger partial charge on any atom is -0.383 e. The van der Waals surface area contributed by atoms with E-state index in [9.17, 15) is 9.59 Å². The third-order valence-corrected chi connectivity index (χ3v) is 6.78. The fourth-order valence-electron chi connectivity index (χ4n) is 3.83. The van der Waals surface area contributed by atoms with Gasteiger partial charge in [-0.25, -0.2) is 9.78 Å². The number of amides is 3. The number of benzene rings is 2. The van der Waals surface area contributed by atoms with Gasteiger partial charge < -0.3 is 24.8 Å². The lowest BCUT2D eigenvalue weighted by atomic mass is 10.2. The summed E-state index contributed by atoms with van der Waals surface area (Å²) < 4.78 is 5.17. The number of thiazole rings is 1. The summed E-state index contributed by atoms with van der Waals surface area (Å²) in [6.45, 7) is 3.78. The molecule has 1 aromatic heterocycles. The van der Waals surface area contributed by atoms with E-state index in [1.807, 2.05) is 59.5 Å².